The van der Waals surface area contributed by atoms with Gasteiger partial charge in [0.25, 0.3) is 0 Å². The van der Waals surface area contributed by atoms with Crippen molar-refractivity contribution in [1.29, 1.82) is 0 Å². The third-order valence-corrected chi connectivity index (χ3v) is 2.46. The first-order valence-corrected chi connectivity index (χ1v) is 5.58. The number of anilines is 1. The fourth-order valence-electron chi connectivity index (χ4n) is 1.10. The Bertz CT molecular complexity index is 271. The Morgan fingerprint density at radius 3 is 2.87 bits per heavy atom. The molecule has 1 aromatic rings. The monoisotopic (exact) mass is 277 g/mol. The molecule has 1 rings (SSSR count). The second-order valence-electron chi connectivity index (χ2n) is 3.08. The highest BCUT2D eigenvalue weighted by Gasteiger charge is 2.01. The molecular weight excluding hydrogens is 262 g/mol. The van der Waals surface area contributed by atoms with E-state index in [0.29, 0.717) is 25.6 Å². The van der Waals surface area contributed by atoms with Gasteiger partial charge in [-0.1, -0.05) is 0 Å². The lowest BCUT2D eigenvalue weighted by Gasteiger charge is -2.03. The highest BCUT2D eigenvalue weighted by molar-refractivity contribution is 9.10. The van der Waals surface area contributed by atoms with Crippen molar-refractivity contribution in [3.8, 4) is 0 Å². The fourth-order valence-corrected chi connectivity index (χ4v) is 1.42. The largest absolute Gasteiger partial charge is 0.382 e. The van der Waals surface area contributed by atoms with Crippen molar-refractivity contribution in [2.75, 3.05) is 32.7 Å². The number of nitrogen functional groups attached to an aromatic ring is 1. The molecule has 5 nitrogen and oxygen atoms in total. The molecule has 6 heteroatoms. The number of methoxy groups -OCH3 is 1. The smallest absolute Gasteiger partial charge is 0.159 e. The molecule has 1 heterocycles. The molecule has 0 fully saturated rings. The number of ether oxygens (including phenoxy) is 2. The average molecular weight is 278 g/mol. The van der Waals surface area contributed by atoms with Gasteiger partial charge in [0.1, 0.15) is 0 Å². The fraction of sp³-hybridized carbons (Fsp3) is 0.667. The number of rotatable bonds is 7. The molecule has 0 saturated heterocycles. The van der Waals surface area contributed by atoms with Crippen LogP contribution in [0.25, 0.3) is 0 Å². The summed E-state index contributed by atoms with van der Waals surface area (Å²) in [6, 6.07) is 0. The first kappa shape index (κ1) is 12.5. The van der Waals surface area contributed by atoms with Gasteiger partial charge in [-0.25, -0.2) is 0 Å². The molecule has 0 aliphatic carbocycles. The van der Waals surface area contributed by atoms with E-state index in [4.69, 9.17) is 15.2 Å². The Morgan fingerprint density at radius 2 is 2.27 bits per heavy atom. The van der Waals surface area contributed by atoms with Crippen molar-refractivity contribution in [3.63, 3.8) is 0 Å². The molecule has 86 valence electrons. The predicted octanol–water partition coefficient (Wildman–Crippen LogP) is 1.28. The summed E-state index contributed by atoms with van der Waals surface area (Å²) < 4.78 is 12.8. The first-order valence-electron chi connectivity index (χ1n) is 4.79. The third-order valence-electron chi connectivity index (χ3n) is 1.85. The normalized spacial score (nSPS) is 10.8. The van der Waals surface area contributed by atoms with Crippen LogP contribution < -0.4 is 5.73 Å². The van der Waals surface area contributed by atoms with Gasteiger partial charge in [0.05, 0.1) is 17.7 Å². The van der Waals surface area contributed by atoms with E-state index in [2.05, 4.69) is 21.0 Å². The summed E-state index contributed by atoms with van der Waals surface area (Å²) in [6.45, 7) is 2.80. The number of aromatic nitrogens is 2. The van der Waals surface area contributed by atoms with Crippen molar-refractivity contribution in [2.24, 2.45) is 0 Å². The van der Waals surface area contributed by atoms with Crippen LogP contribution in [0, 0.1) is 0 Å². The Hall–Kier alpha value is -0.590. The van der Waals surface area contributed by atoms with Gasteiger partial charge in [-0.15, -0.1) is 0 Å². The molecule has 0 radical (unpaired) electrons. The van der Waals surface area contributed by atoms with Crippen molar-refractivity contribution >= 4 is 21.7 Å². The zero-order chi connectivity index (χ0) is 11.1. The number of hydrogen-bond acceptors (Lipinski definition) is 4. The zero-order valence-electron chi connectivity index (χ0n) is 8.78. The molecule has 0 saturated carbocycles. The molecule has 0 aliphatic heterocycles. The van der Waals surface area contributed by atoms with Gasteiger partial charge in [-0.3, -0.25) is 4.68 Å². The SMILES string of the molecule is COCCOCCCn1cc(Br)c(N)n1. The number of halogens is 1. The standard InChI is InChI=1S/C9H16BrN3O2/c1-14-5-6-15-4-2-3-13-7-8(10)9(11)12-13/h7H,2-6H2,1H3,(H2,11,12). The van der Waals surface area contributed by atoms with Gasteiger partial charge in [0.2, 0.25) is 0 Å². The number of nitrogens with zero attached hydrogens (tertiary/aromatic N) is 2. The lowest BCUT2D eigenvalue weighted by Crippen LogP contribution is -2.06. The Kier molecular flexibility index (Phi) is 5.67. The van der Waals surface area contributed by atoms with Crippen LogP contribution in [0.15, 0.2) is 10.7 Å². The Morgan fingerprint density at radius 1 is 1.47 bits per heavy atom. The molecule has 0 aliphatic rings. The van der Waals surface area contributed by atoms with Crippen molar-refractivity contribution in [2.45, 2.75) is 13.0 Å². The van der Waals surface area contributed by atoms with Crippen LogP contribution in [0.4, 0.5) is 5.82 Å². The first-order chi connectivity index (χ1) is 7.24. The third kappa shape index (κ3) is 4.63. The van der Waals surface area contributed by atoms with Crippen molar-refractivity contribution < 1.29 is 9.47 Å². The lowest BCUT2D eigenvalue weighted by molar-refractivity contribution is 0.0677. The molecule has 15 heavy (non-hydrogen) atoms. The highest BCUT2D eigenvalue weighted by Crippen LogP contribution is 2.16. The molecule has 0 spiro atoms. The van der Waals surface area contributed by atoms with E-state index in [-0.39, 0.29) is 0 Å². The summed E-state index contributed by atoms with van der Waals surface area (Å²) >= 11 is 3.30. The van der Waals surface area contributed by atoms with Gasteiger partial charge in [0, 0.05) is 26.5 Å². The summed E-state index contributed by atoms with van der Waals surface area (Å²) in [5, 5.41) is 4.11. The molecular formula is C9H16BrN3O2. The van der Waals surface area contributed by atoms with E-state index in [1.165, 1.54) is 0 Å². The van der Waals surface area contributed by atoms with Crippen LogP contribution >= 0.6 is 15.9 Å². The summed E-state index contributed by atoms with van der Waals surface area (Å²) in [7, 11) is 1.66. The van der Waals surface area contributed by atoms with Crippen LogP contribution in [-0.4, -0.2) is 36.7 Å². The highest BCUT2D eigenvalue weighted by atomic mass is 79.9. The average Bonchev–Trinajstić information content (AvgIpc) is 2.52. The summed E-state index contributed by atoms with van der Waals surface area (Å²) in [5.74, 6) is 0.523. The van der Waals surface area contributed by atoms with E-state index in [9.17, 15) is 0 Å². The molecule has 2 N–H and O–H groups in total. The minimum absolute atomic E-state index is 0.523. The quantitative estimate of drug-likeness (QED) is 0.763. The van der Waals surface area contributed by atoms with Crippen LogP contribution in [-0.2, 0) is 16.0 Å². The number of nitrogens with two attached hydrogens (primary N) is 1. The number of hydrogen-bond donors (Lipinski definition) is 1. The zero-order valence-corrected chi connectivity index (χ0v) is 10.4. The van der Waals surface area contributed by atoms with Crippen LogP contribution in [0.2, 0.25) is 0 Å². The van der Waals surface area contributed by atoms with Gasteiger partial charge in [-0.05, 0) is 22.4 Å². The summed E-state index contributed by atoms with van der Waals surface area (Å²) in [5.41, 5.74) is 5.58. The topological polar surface area (TPSA) is 62.3 Å². The molecule has 0 aromatic carbocycles. The van der Waals surface area contributed by atoms with Gasteiger partial charge in [0.15, 0.2) is 5.82 Å². The molecule has 0 amide bonds. The van der Waals surface area contributed by atoms with Crippen LogP contribution in [0.1, 0.15) is 6.42 Å². The Labute approximate surface area is 97.7 Å². The second-order valence-corrected chi connectivity index (χ2v) is 3.94. The van der Waals surface area contributed by atoms with E-state index >= 15 is 0 Å². The maximum absolute atomic E-state index is 5.58. The van der Waals surface area contributed by atoms with Crippen LogP contribution in [0.3, 0.4) is 0 Å². The van der Waals surface area contributed by atoms with Gasteiger partial charge < -0.3 is 15.2 Å². The number of aryl methyl sites for hydroxylation is 1. The van der Waals surface area contributed by atoms with E-state index < -0.39 is 0 Å². The van der Waals surface area contributed by atoms with E-state index in [1.807, 2.05) is 6.20 Å². The molecule has 0 bridgehead atoms. The molecule has 1 aromatic heterocycles. The van der Waals surface area contributed by atoms with Gasteiger partial charge >= 0.3 is 0 Å². The molecule has 0 atom stereocenters. The summed E-state index contributed by atoms with van der Waals surface area (Å²) in [4.78, 5) is 0. The van der Waals surface area contributed by atoms with Crippen molar-refractivity contribution in [3.05, 3.63) is 10.7 Å². The second kappa shape index (κ2) is 6.81. The van der Waals surface area contributed by atoms with E-state index in [1.54, 1.807) is 11.8 Å². The van der Waals surface area contributed by atoms with E-state index in [0.717, 1.165) is 17.4 Å². The maximum atomic E-state index is 5.58. The maximum Gasteiger partial charge on any atom is 0.159 e. The lowest BCUT2D eigenvalue weighted by atomic mass is 10.4. The van der Waals surface area contributed by atoms with Gasteiger partial charge in [-0.2, -0.15) is 5.10 Å². The van der Waals surface area contributed by atoms with Crippen LogP contribution in [0.5, 0.6) is 0 Å². The molecule has 0 unspecified atom stereocenters. The minimum Gasteiger partial charge on any atom is -0.382 e. The summed E-state index contributed by atoms with van der Waals surface area (Å²) in [6.07, 6.45) is 2.78. The Balaban J connectivity index is 2.10. The minimum atomic E-state index is 0.523. The van der Waals surface area contributed by atoms with Crippen molar-refractivity contribution in [1.82, 2.24) is 9.78 Å². The predicted molar refractivity (Wildman–Crippen MR) is 61.7 cm³/mol.